The maximum Gasteiger partial charge on any atom is 0.224 e. The van der Waals surface area contributed by atoms with E-state index in [1.165, 1.54) is 12.1 Å². The number of hydrogen-bond acceptors (Lipinski definition) is 5. The summed E-state index contributed by atoms with van der Waals surface area (Å²) in [6.45, 7) is 1.55. The first-order valence-electron chi connectivity index (χ1n) is 8.01. The third-order valence-electron chi connectivity index (χ3n) is 3.80. The molecule has 0 bridgehead atoms. The van der Waals surface area contributed by atoms with Crippen LogP contribution >= 0.6 is 0 Å². The number of nitrogens with zero attached hydrogens (tertiary/aromatic N) is 3. The second kappa shape index (κ2) is 7.09. The number of halogens is 2. The fourth-order valence-electron chi connectivity index (χ4n) is 2.33. The van der Waals surface area contributed by atoms with Gasteiger partial charge >= 0.3 is 0 Å². The van der Waals surface area contributed by atoms with Gasteiger partial charge in [-0.25, -0.2) is 13.8 Å². The molecule has 1 fully saturated rings. The van der Waals surface area contributed by atoms with Crippen molar-refractivity contribution in [3.8, 4) is 0 Å². The Morgan fingerprint density at radius 2 is 2.00 bits per heavy atom. The van der Waals surface area contributed by atoms with Gasteiger partial charge in [0.1, 0.15) is 5.82 Å². The van der Waals surface area contributed by atoms with Gasteiger partial charge in [-0.1, -0.05) is 6.07 Å². The Hall–Kier alpha value is -2.28. The number of benzene rings is 1. The molecule has 1 heterocycles. The molecule has 1 aliphatic rings. The second-order valence-electron chi connectivity index (χ2n) is 6.23. The molecule has 0 spiro atoms. The van der Waals surface area contributed by atoms with E-state index < -0.39 is 11.6 Å². The standard InChI is InChI=1S/C17H21F2N5/c1-24(2)9-8-20-17-22-14(11-6-7-11)10-15(23-17)21-13-5-3-4-12(18)16(13)19/h3-5,10-11H,6-9H2,1-2H3,(H2,20,21,22,23). The van der Waals surface area contributed by atoms with Gasteiger partial charge in [-0.2, -0.15) is 4.98 Å². The molecule has 7 heteroatoms. The van der Waals surface area contributed by atoms with E-state index >= 15 is 0 Å². The lowest BCUT2D eigenvalue weighted by Gasteiger charge is -2.13. The van der Waals surface area contributed by atoms with Crippen molar-refractivity contribution in [2.24, 2.45) is 0 Å². The summed E-state index contributed by atoms with van der Waals surface area (Å²) in [4.78, 5) is 10.9. The molecule has 5 nitrogen and oxygen atoms in total. The van der Waals surface area contributed by atoms with E-state index in [0.29, 0.717) is 24.2 Å². The van der Waals surface area contributed by atoms with Crippen LogP contribution in [0.25, 0.3) is 0 Å². The molecule has 128 valence electrons. The molecule has 0 amide bonds. The van der Waals surface area contributed by atoms with Crippen molar-refractivity contribution in [1.29, 1.82) is 0 Å². The summed E-state index contributed by atoms with van der Waals surface area (Å²) in [6.07, 6.45) is 2.20. The summed E-state index contributed by atoms with van der Waals surface area (Å²) in [5, 5.41) is 6.04. The number of nitrogens with one attached hydrogen (secondary N) is 2. The highest BCUT2D eigenvalue weighted by molar-refractivity contribution is 5.58. The molecule has 0 radical (unpaired) electrons. The van der Waals surface area contributed by atoms with Crippen molar-refractivity contribution in [1.82, 2.24) is 14.9 Å². The van der Waals surface area contributed by atoms with Crippen LogP contribution in [-0.2, 0) is 0 Å². The van der Waals surface area contributed by atoms with Crippen LogP contribution in [0.1, 0.15) is 24.5 Å². The molecular weight excluding hydrogens is 312 g/mol. The number of likely N-dealkylation sites (N-methyl/N-ethyl adjacent to an activating group) is 1. The average molecular weight is 333 g/mol. The van der Waals surface area contributed by atoms with Crippen LogP contribution in [0, 0.1) is 11.6 Å². The summed E-state index contributed by atoms with van der Waals surface area (Å²) < 4.78 is 27.2. The summed E-state index contributed by atoms with van der Waals surface area (Å²) in [6, 6.07) is 5.83. The zero-order chi connectivity index (χ0) is 17.1. The third-order valence-corrected chi connectivity index (χ3v) is 3.80. The number of hydrogen-bond donors (Lipinski definition) is 2. The average Bonchev–Trinajstić information content (AvgIpc) is 3.36. The molecule has 1 aromatic heterocycles. The van der Waals surface area contributed by atoms with Crippen molar-refractivity contribution in [2.75, 3.05) is 37.8 Å². The molecule has 0 atom stereocenters. The minimum Gasteiger partial charge on any atom is -0.353 e. The van der Waals surface area contributed by atoms with Crippen LogP contribution in [0.3, 0.4) is 0 Å². The predicted octanol–water partition coefficient (Wildman–Crippen LogP) is 3.35. The lowest BCUT2D eigenvalue weighted by atomic mass is 10.2. The fourth-order valence-corrected chi connectivity index (χ4v) is 2.33. The highest BCUT2D eigenvalue weighted by Gasteiger charge is 2.26. The quantitative estimate of drug-likeness (QED) is 0.814. The lowest BCUT2D eigenvalue weighted by Crippen LogP contribution is -2.21. The van der Waals surface area contributed by atoms with E-state index in [2.05, 4.69) is 25.5 Å². The van der Waals surface area contributed by atoms with E-state index in [1.54, 1.807) is 6.07 Å². The monoisotopic (exact) mass is 333 g/mol. The molecular formula is C17H21F2N5. The Kier molecular flexibility index (Phi) is 4.89. The minimum atomic E-state index is -0.911. The summed E-state index contributed by atoms with van der Waals surface area (Å²) in [5.74, 6) is -0.406. The van der Waals surface area contributed by atoms with E-state index in [0.717, 1.165) is 31.1 Å². The van der Waals surface area contributed by atoms with Gasteiger partial charge in [0.05, 0.1) is 11.4 Å². The van der Waals surface area contributed by atoms with Crippen LogP contribution < -0.4 is 10.6 Å². The van der Waals surface area contributed by atoms with E-state index in [4.69, 9.17) is 0 Å². The lowest BCUT2D eigenvalue weighted by molar-refractivity contribution is 0.425. The third kappa shape index (κ3) is 4.17. The maximum absolute atomic E-state index is 13.8. The largest absolute Gasteiger partial charge is 0.353 e. The summed E-state index contributed by atoms with van der Waals surface area (Å²) in [7, 11) is 3.98. The van der Waals surface area contributed by atoms with Gasteiger partial charge in [-0.3, -0.25) is 0 Å². The molecule has 0 aliphatic heterocycles. The number of anilines is 3. The van der Waals surface area contributed by atoms with Crippen molar-refractivity contribution in [3.63, 3.8) is 0 Å². The molecule has 1 saturated carbocycles. The first-order chi connectivity index (χ1) is 11.5. The molecule has 1 aliphatic carbocycles. The van der Waals surface area contributed by atoms with Gasteiger partial charge in [0.2, 0.25) is 5.95 Å². The van der Waals surface area contributed by atoms with Crippen LogP contribution in [0.15, 0.2) is 24.3 Å². The molecule has 3 rings (SSSR count). The van der Waals surface area contributed by atoms with Gasteiger partial charge in [0.25, 0.3) is 0 Å². The smallest absolute Gasteiger partial charge is 0.224 e. The number of rotatable bonds is 7. The topological polar surface area (TPSA) is 53.1 Å². The van der Waals surface area contributed by atoms with Gasteiger partial charge in [0.15, 0.2) is 11.6 Å². The minimum absolute atomic E-state index is 0.0645. The van der Waals surface area contributed by atoms with Crippen molar-refractivity contribution in [2.45, 2.75) is 18.8 Å². The number of aromatic nitrogens is 2. The Balaban J connectivity index is 1.80. The van der Waals surface area contributed by atoms with Crippen LogP contribution in [0.2, 0.25) is 0 Å². The van der Waals surface area contributed by atoms with Crippen LogP contribution in [0.5, 0.6) is 0 Å². The van der Waals surface area contributed by atoms with E-state index in [1.807, 2.05) is 14.1 Å². The molecule has 1 aromatic carbocycles. The maximum atomic E-state index is 13.8. The van der Waals surface area contributed by atoms with E-state index in [9.17, 15) is 8.78 Å². The highest BCUT2D eigenvalue weighted by Crippen LogP contribution is 2.40. The SMILES string of the molecule is CN(C)CCNc1nc(Nc2cccc(F)c2F)cc(C2CC2)n1. The van der Waals surface area contributed by atoms with Gasteiger partial charge in [-0.15, -0.1) is 0 Å². The predicted molar refractivity (Wildman–Crippen MR) is 90.7 cm³/mol. The Labute approximate surface area is 140 Å². The first kappa shape index (κ1) is 16.6. The first-order valence-corrected chi connectivity index (χ1v) is 8.01. The summed E-state index contributed by atoms with van der Waals surface area (Å²) in [5.41, 5.74) is 0.992. The van der Waals surface area contributed by atoms with Gasteiger partial charge < -0.3 is 15.5 Å². The molecule has 0 saturated heterocycles. The molecule has 2 aromatic rings. The fraction of sp³-hybridized carbons (Fsp3) is 0.412. The zero-order valence-corrected chi connectivity index (χ0v) is 13.8. The van der Waals surface area contributed by atoms with Gasteiger partial charge in [-0.05, 0) is 39.1 Å². The molecule has 24 heavy (non-hydrogen) atoms. The molecule has 0 unspecified atom stereocenters. The highest BCUT2D eigenvalue weighted by atomic mass is 19.2. The van der Waals surface area contributed by atoms with E-state index in [-0.39, 0.29) is 5.69 Å². The van der Waals surface area contributed by atoms with Crippen LogP contribution in [0.4, 0.5) is 26.2 Å². The molecule has 2 N–H and O–H groups in total. The van der Waals surface area contributed by atoms with Crippen molar-refractivity contribution in [3.05, 3.63) is 41.6 Å². The second-order valence-corrected chi connectivity index (χ2v) is 6.23. The Bertz CT molecular complexity index is 716. The summed E-state index contributed by atoms with van der Waals surface area (Å²) >= 11 is 0. The Morgan fingerprint density at radius 1 is 1.21 bits per heavy atom. The zero-order valence-electron chi connectivity index (χ0n) is 13.8. The van der Waals surface area contributed by atoms with Crippen molar-refractivity contribution < 1.29 is 8.78 Å². The van der Waals surface area contributed by atoms with Crippen molar-refractivity contribution >= 4 is 17.5 Å². The normalized spacial score (nSPS) is 14.0. The Morgan fingerprint density at radius 3 is 2.71 bits per heavy atom. The van der Waals surface area contributed by atoms with Gasteiger partial charge in [0, 0.05) is 25.1 Å². The van der Waals surface area contributed by atoms with Crippen LogP contribution in [-0.4, -0.2) is 42.1 Å².